The van der Waals surface area contributed by atoms with Crippen LogP contribution in [0.3, 0.4) is 0 Å². The molecule has 0 rings (SSSR count). The molecule has 2 atom stereocenters. The van der Waals surface area contributed by atoms with Gasteiger partial charge >= 0.3 is 0 Å². The quantitative estimate of drug-likeness (QED) is 0.333. The van der Waals surface area contributed by atoms with Crippen LogP contribution in [0.4, 0.5) is 0 Å². The van der Waals surface area contributed by atoms with Crippen molar-refractivity contribution in [2.24, 2.45) is 11.6 Å². The van der Waals surface area contributed by atoms with Crippen LogP contribution in [0.15, 0.2) is 0 Å². The molecule has 0 aliphatic rings. The monoisotopic (exact) mass is 219 g/mol. The highest BCUT2D eigenvalue weighted by atomic mass is 32.2. The van der Waals surface area contributed by atoms with Crippen molar-refractivity contribution in [2.75, 3.05) is 5.75 Å². The summed E-state index contributed by atoms with van der Waals surface area (Å²) in [6.45, 7) is 4.03. The van der Waals surface area contributed by atoms with Crippen LogP contribution in [0.5, 0.6) is 0 Å². The number of hydrogen-bond donors (Lipinski definition) is 3. The maximum absolute atomic E-state index is 11.3. The second kappa shape index (κ2) is 8.08. The summed E-state index contributed by atoms with van der Waals surface area (Å²) in [7, 11) is 0. The van der Waals surface area contributed by atoms with E-state index in [-0.39, 0.29) is 17.2 Å². The summed E-state index contributed by atoms with van der Waals surface area (Å²) < 4.78 is 0. The summed E-state index contributed by atoms with van der Waals surface area (Å²) in [6.07, 6.45) is 2.79. The highest BCUT2D eigenvalue weighted by molar-refractivity contribution is 8.00. The normalized spacial score (nSPS) is 14.9. The van der Waals surface area contributed by atoms with E-state index in [0.29, 0.717) is 0 Å². The minimum atomic E-state index is -0.0819. The van der Waals surface area contributed by atoms with Gasteiger partial charge in [-0.1, -0.05) is 13.3 Å². The highest BCUT2D eigenvalue weighted by Gasteiger charge is 2.16. The van der Waals surface area contributed by atoms with E-state index < -0.39 is 0 Å². The molecule has 1 amide bonds. The molecule has 0 aliphatic heterocycles. The van der Waals surface area contributed by atoms with E-state index in [2.05, 4.69) is 12.3 Å². The fourth-order valence-electron chi connectivity index (χ4n) is 1.04. The lowest BCUT2D eigenvalue weighted by Gasteiger charge is -2.14. The molecule has 4 nitrogen and oxygen atoms in total. The van der Waals surface area contributed by atoms with Crippen molar-refractivity contribution < 1.29 is 4.79 Å². The third-order valence-corrected chi connectivity index (χ3v) is 3.20. The topological polar surface area (TPSA) is 81.1 Å². The molecule has 0 radical (unpaired) electrons. The summed E-state index contributed by atoms with van der Waals surface area (Å²) in [6, 6.07) is 0.200. The van der Waals surface area contributed by atoms with Gasteiger partial charge < -0.3 is 5.73 Å². The maximum atomic E-state index is 11.3. The average molecular weight is 219 g/mol. The lowest BCUT2D eigenvalue weighted by molar-refractivity contribution is -0.120. The Labute approximate surface area is 90.1 Å². The van der Waals surface area contributed by atoms with E-state index in [1.54, 1.807) is 11.8 Å². The zero-order valence-corrected chi connectivity index (χ0v) is 9.77. The van der Waals surface area contributed by atoms with Crippen LogP contribution in [-0.4, -0.2) is 23.0 Å². The third-order valence-electron chi connectivity index (χ3n) is 1.88. The van der Waals surface area contributed by atoms with Crippen molar-refractivity contribution in [2.45, 2.75) is 44.4 Å². The fourth-order valence-corrected chi connectivity index (χ4v) is 2.46. The van der Waals surface area contributed by atoms with E-state index >= 15 is 0 Å². The number of nitrogens with two attached hydrogens (primary N) is 2. The van der Waals surface area contributed by atoms with Crippen LogP contribution in [0.2, 0.25) is 0 Å². The maximum Gasteiger partial charge on any atom is 0.246 e. The van der Waals surface area contributed by atoms with Gasteiger partial charge in [0.1, 0.15) is 0 Å². The number of carbonyl (C=O) groups excluding carboxylic acids is 1. The van der Waals surface area contributed by atoms with Gasteiger partial charge in [0.15, 0.2) is 0 Å². The lowest BCUT2D eigenvalue weighted by atomic mass is 10.2. The Morgan fingerprint density at radius 1 is 1.50 bits per heavy atom. The van der Waals surface area contributed by atoms with Crippen LogP contribution >= 0.6 is 11.8 Å². The second-order valence-corrected chi connectivity index (χ2v) is 4.73. The minimum Gasteiger partial charge on any atom is -0.328 e. The van der Waals surface area contributed by atoms with Crippen LogP contribution in [-0.2, 0) is 4.79 Å². The first-order chi connectivity index (χ1) is 6.61. The van der Waals surface area contributed by atoms with Crippen molar-refractivity contribution >= 4 is 17.7 Å². The Morgan fingerprint density at radius 3 is 2.57 bits per heavy atom. The van der Waals surface area contributed by atoms with E-state index in [1.165, 1.54) is 0 Å². The molecule has 0 saturated carbocycles. The standard InChI is InChI=1S/C9H21N3OS/c1-3-4-8(9(13)12-11)14-6-5-7(2)10/h7-8H,3-6,10-11H2,1-2H3,(H,12,13). The number of thioether (sulfide) groups is 1. The first-order valence-corrected chi connectivity index (χ1v) is 6.04. The van der Waals surface area contributed by atoms with Gasteiger partial charge in [-0.15, -0.1) is 11.8 Å². The SMILES string of the molecule is CCCC(SCCC(C)N)C(=O)NN. The molecule has 5 N–H and O–H groups in total. The minimum absolute atomic E-state index is 0.0243. The largest absolute Gasteiger partial charge is 0.328 e. The van der Waals surface area contributed by atoms with Crippen molar-refractivity contribution in [1.29, 1.82) is 0 Å². The van der Waals surface area contributed by atoms with Crippen LogP contribution < -0.4 is 17.0 Å². The zero-order valence-electron chi connectivity index (χ0n) is 8.95. The van der Waals surface area contributed by atoms with E-state index in [1.807, 2.05) is 6.92 Å². The van der Waals surface area contributed by atoms with Crippen molar-refractivity contribution in [3.63, 3.8) is 0 Å². The van der Waals surface area contributed by atoms with E-state index in [0.717, 1.165) is 25.0 Å². The number of carbonyl (C=O) groups is 1. The number of hydrogen-bond acceptors (Lipinski definition) is 4. The Morgan fingerprint density at radius 2 is 2.14 bits per heavy atom. The molecule has 0 aromatic rings. The highest BCUT2D eigenvalue weighted by Crippen LogP contribution is 2.17. The Hall–Kier alpha value is -0.260. The molecule has 0 aromatic heterocycles. The number of hydrazine groups is 1. The zero-order chi connectivity index (χ0) is 11.0. The molecule has 5 heteroatoms. The van der Waals surface area contributed by atoms with Crippen LogP contribution in [0, 0.1) is 0 Å². The van der Waals surface area contributed by atoms with Crippen molar-refractivity contribution in [3.8, 4) is 0 Å². The second-order valence-electron chi connectivity index (χ2n) is 3.42. The third kappa shape index (κ3) is 6.23. The molecular formula is C9H21N3OS. The molecule has 0 saturated heterocycles. The van der Waals surface area contributed by atoms with Gasteiger partial charge in [-0.05, 0) is 25.5 Å². The molecule has 2 unspecified atom stereocenters. The van der Waals surface area contributed by atoms with Gasteiger partial charge in [0.2, 0.25) is 5.91 Å². The van der Waals surface area contributed by atoms with Gasteiger partial charge in [0.05, 0.1) is 5.25 Å². The van der Waals surface area contributed by atoms with Crippen molar-refractivity contribution in [1.82, 2.24) is 5.43 Å². The van der Waals surface area contributed by atoms with Crippen molar-refractivity contribution in [3.05, 3.63) is 0 Å². The predicted molar refractivity (Wildman–Crippen MR) is 61.8 cm³/mol. The first kappa shape index (κ1) is 13.7. The summed E-state index contributed by atoms with van der Waals surface area (Å²) in [5.41, 5.74) is 7.82. The number of rotatable bonds is 7. The smallest absolute Gasteiger partial charge is 0.246 e. The molecular weight excluding hydrogens is 198 g/mol. The summed E-state index contributed by atoms with van der Waals surface area (Å²) in [4.78, 5) is 11.3. The molecule has 0 heterocycles. The molecule has 84 valence electrons. The molecule has 0 fully saturated rings. The van der Waals surface area contributed by atoms with Gasteiger partial charge in [-0.2, -0.15) is 0 Å². The Bertz CT molecular complexity index is 164. The molecule has 0 bridgehead atoms. The molecule has 14 heavy (non-hydrogen) atoms. The van der Waals surface area contributed by atoms with Gasteiger partial charge in [0.25, 0.3) is 0 Å². The average Bonchev–Trinajstić information content (AvgIpc) is 2.15. The van der Waals surface area contributed by atoms with E-state index in [4.69, 9.17) is 11.6 Å². The lowest BCUT2D eigenvalue weighted by Crippen LogP contribution is -2.37. The summed E-state index contributed by atoms with van der Waals surface area (Å²) in [5.74, 6) is 5.93. The molecule has 0 aromatic carbocycles. The van der Waals surface area contributed by atoms with E-state index in [9.17, 15) is 4.79 Å². The first-order valence-electron chi connectivity index (χ1n) is 4.99. The molecule has 0 spiro atoms. The van der Waals surface area contributed by atoms with Gasteiger partial charge in [-0.3, -0.25) is 10.2 Å². The van der Waals surface area contributed by atoms with Gasteiger partial charge in [-0.25, -0.2) is 5.84 Å². The van der Waals surface area contributed by atoms with Crippen LogP contribution in [0.25, 0.3) is 0 Å². The Balaban J connectivity index is 3.78. The summed E-state index contributed by atoms with van der Waals surface area (Å²) >= 11 is 1.64. The Kier molecular flexibility index (Phi) is 7.93. The fraction of sp³-hybridized carbons (Fsp3) is 0.889. The van der Waals surface area contributed by atoms with Crippen LogP contribution in [0.1, 0.15) is 33.1 Å². The molecule has 0 aliphatic carbocycles. The predicted octanol–water partition coefficient (Wildman–Crippen LogP) is 0.616. The summed E-state index contributed by atoms with van der Waals surface area (Å²) in [5, 5.41) is -0.0243. The number of nitrogens with one attached hydrogen (secondary N) is 1. The van der Waals surface area contributed by atoms with Gasteiger partial charge in [0, 0.05) is 6.04 Å². The number of amides is 1.